The highest BCUT2D eigenvalue weighted by atomic mass is 28.4. The van der Waals surface area contributed by atoms with Crippen molar-refractivity contribution in [2.75, 3.05) is 18.5 Å². The van der Waals surface area contributed by atoms with Gasteiger partial charge >= 0.3 is 5.69 Å². The standard InChI is InChI=1S/C34H39N3O6Si/c1-34(2,3)44(25-15-9-5-10-16-25,26-17-11-6-12-18-26)42-22-20-28-27(23-38)30(39)32(43-28)37-21-19-29(36-33(37)41)35-31(40)24-13-7-4-8-14-24/h4-19,21,27-28,30,32,38-39H,20,22-23H2,1-3H3,(H,35,36,40,41)/t27-,28-,30-,32-/m1/s1. The minimum atomic E-state index is -2.79. The van der Waals surface area contributed by atoms with E-state index in [0.29, 0.717) is 18.6 Å². The summed E-state index contributed by atoms with van der Waals surface area (Å²) in [7, 11) is -2.79. The molecule has 0 aliphatic carbocycles. The number of benzene rings is 3. The fourth-order valence-electron chi connectivity index (χ4n) is 6.07. The summed E-state index contributed by atoms with van der Waals surface area (Å²) >= 11 is 0. The first-order valence-corrected chi connectivity index (χ1v) is 16.7. The SMILES string of the molecule is CC(C)(C)[Si](OCC[C@H]1O[C@@H](n2ccc(NC(=O)c3ccccc3)nc2=O)[C@H](O)[C@@H]1CO)(c1ccccc1)c1ccccc1. The predicted molar refractivity (Wildman–Crippen MR) is 172 cm³/mol. The second-order valence-corrected chi connectivity index (χ2v) is 16.3. The maximum atomic E-state index is 13.0. The first kappa shape index (κ1) is 31.5. The van der Waals surface area contributed by atoms with Crippen molar-refractivity contribution in [1.82, 2.24) is 9.55 Å². The van der Waals surface area contributed by atoms with Crippen LogP contribution < -0.4 is 21.4 Å². The van der Waals surface area contributed by atoms with Gasteiger partial charge in [-0.05, 0) is 40.0 Å². The summed E-state index contributed by atoms with van der Waals surface area (Å²) < 4.78 is 14.4. The molecular formula is C34H39N3O6Si. The van der Waals surface area contributed by atoms with Crippen molar-refractivity contribution in [2.45, 2.75) is 50.7 Å². The first-order chi connectivity index (χ1) is 21.2. The Morgan fingerprint density at radius 3 is 2.05 bits per heavy atom. The van der Waals surface area contributed by atoms with Gasteiger partial charge in [0.25, 0.3) is 14.2 Å². The highest BCUT2D eigenvalue weighted by Crippen LogP contribution is 2.38. The third kappa shape index (κ3) is 6.31. The maximum absolute atomic E-state index is 13.0. The molecule has 0 spiro atoms. The molecule has 3 aromatic carbocycles. The predicted octanol–water partition coefficient (Wildman–Crippen LogP) is 3.33. The number of ether oxygens (including phenoxy) is 1. The van der Waals surface area contributed by atoms with Crippen LogP contribution in [-0.4, -0.2) is 59.4 Å². The zero-order valence-corrected chi connectivity index (χ0v) is 26.2. The van der Waals surface area contributed by atoms with Gasteiger partial charge in [-0.3, -0.25) is 9.36 Å². The summed E-state index contributed by atoms with van der Waals surface area (Å²) in [5.74, 6) is -0.942. The van der Waals surface area contributed by atoms with E-state index in [2.05, 4.69) is 55.3 Å². The lowest BCUT2D eigenvalue weighted by molar-refractivity contribution is -0.0443. The molecule has 1 aromatic heterocycles. The van der Waals surface area contributed by atoms with Crippen LogP contribution in [0.3, 0.4) is 0 Å². The van der Waals surface area contributed by atoms with E-state index in [1.165, 1.54) is 16.8 Å². The van der Waals surface area contributed by atoms with Crippen molar-refractivity contribution in [2.24, 2.45) is 5.92 Å². The summed E-state index contributed by atoms with van der Waals surface area (Å²) in [6, 6.07) is 30.7. The zero-order chi connectivity index (χ0) is 31.3. The van der Waals surface area contributed by atoms with Gasteiger partial charge in [0.2, 0.25) is 0 Å². The molecule has 44 heavy (non-hydrogen) atoms. The van der Waals surface area contributed by atoms with Crippen LogP contribution in [0.4, 0.5) is 5.82 Å². The Labute approximate surface area is 258 Å². The molecule has 1 fully saturated rings. The summed E-state index contributed by atoms with van der Waals surface area (Å²) in [5, 5.41) is 26.1. The van der Waals surface area contributed by atoms with Gasteiger partial charge in [0.05, 0.1) is 12.7 Å². The van der Waals surface area contributed by atoms with Gasteiger partial charge in [0, 0.05) is 24.3 Å². The van der Waals surface area contributed by atoms with Crippen LogP contribution in [0.5, 0.6) is 0 Å². The number of aromatic nitrogens is 2. The van der Waals surface area contributed by atoms with Gasteiger partial charge in [-0.15, -0.1) is 0 Å². The Bertz CT molecular complexity index is 1550. The number of aliphatic hydroxyl groups is 2. The van der Waals surface area contributed by atoms with Gasteiger partial charge in [0.1, 0.15) is 11.9 Å². The topological polar surface area (TPSA) is 123 Å². The Morgan fingerprint density at radius 2 is 1.52 bits per heavy atom. The second-order valence-electron chi connectivity index (χ2n) is 12.0. The summed E-state index contributed by atoms with van der Waals surface area (Å²) in [6.45, 7) is 6.60. The summed E-state index contributed by atoms with van der Waals surface area (Å²) in [6.07, 6.45) is -0.940. The Hall–Kier alpha value is -3.93. The highest BCUT2D eigenvalue weighted by Gasteiger charge is 2.51. The lowest BCUT2D eigenvalue weighted by Gasteiger charge is -2.43. The molecule has 5 rings (SSSR count). The Morgan fingerprint density at radius 1 is 0.955 bits per heavy atom. The van der Waals surface area contributed by atoms with Crippen LogP contribution in [0.1, 0.15) is 43.8 Å². The smallest absolute Gasteiger partial charge is 0.351 e. The molecule has 4 atom stereocenters. The average molecular weight is 614 g/mol. The normalized spacial score (nSPS) is 20.4. The van der Waals surface area contributed by atoms with Gasteiger partial charge < -0.3 is 24.7 Å². The molecule has 4 aromatic rings. The van der Waals surface area contributed by atoms with Crippen molar-refractivity contribution in [3.05, 3.63) is 119 Å². The van der Waals surface area contributed by atoms with E-state index in [9.17, 15) is 19.8 Å². The third-order valence-electron chi connectivity index (χ3n) is 8.25. The quantitative estimate of drug-likeness (QED) is 0.235. The number of hydrogen-bond donors (Lipinski definition) is 3. The fraction of sp³-hybridized carbons (Fsp3) is 0.324. The van der Waals surface area contributed by atoms with E-state index in [1.54, 1.807) is 30.3 Å². The summed E-state index contributed by atoms with van der Waals surface area (Å²) in [4.78, 5) is 29.5. The van der Waals surface area contributed by atoms with E-state index >= 15 is 0 Å². The minimum Gasteiger partial charge on any atom is -0.407 e. The lowest BCUT2D eigenvalue weighted by Crippen LogP contribution is -2.66. The zero-order valence-electron chi connectivity index (χ0n) is 25.2. The number of nitrogens with one attached hydrogen (secondary N) is 1. The Balaban J connectivity index is 1.33. The molecule has 0 bridgehead atoms. The number of anilines is 1. The molecule has 0 saturated carbocycles. The highest BCUT2D eigenvalue weighted by molar-refractivity contribution is 6.99. The minimum absolute atomic E-state index is 0.0848. The van der Waals surface area contributed by atoms with E-state index in [0.717, 1.165) is 10.4 Å². The van der Waals surface area contributed by atoms with E-state index in [1.807, 2.05) is 36.4 Å². The number of nitrogens with zero attached hydrogens (tertiary/aromatic N) is 2. The first-order valence-electron chi connectivity index (χ1n) is 14.8. The molecule has 0 unspecified atom stereocenters. The molecular weight excluding hydrogens is 574 g/mol. The van der Waals surface area contributed by atoms with E-state index in [4.69, 9.17) is 9.16 Å². The molecule has 1 amide bonds. The number of aliphatic hydroxyl groups excluding tert-OH is 2. The largest absolute Gasteiger partial charge is 0.407 e. The number of amides is 1. The molecule has 230 valence electrons. The molecule has 10 heteroatoms. The van der Waals surface area contributed by atoms with Crippen molar-refractivity contribution < 1.29 is 24.2 Å². The third-order valence-corrected chi connectivity index (χ3v) is 13.3. The molecule has 1 aliphatic heterocycles. The number of carbonyl (C=O) groups is 1. The van der Waals surface area contributed by atoms with Gasteiger partial charge in [0.15, 0.2) is 6.23 Å². The van der Waals surface area contributed by atoms with Gasteiger partial charge in [-0.25, -0.2) is 4.79 Å². The lowest BCUT2D eigenvalue weighted by atomic mass is 9.97. The van der Waals surface area contributed by atoms with E-state index in [-0.39, 0.29) is 17.5 Å². The van der Waals surface area contributed by atoms with Crippen LogP contribution in [0.2, 0.25) is 5.04 Å². The molecule has 0 radical (unpaired) electrons. The van der Waals surface area contributed by atoms with Gasteiger partial charge in [-0.2, -0.15) is 4.98 Å². The van der Waals surface area contributed by atoms with Crippen molar-refractivity contribution in [3.8, 4) is 0 Å². The monoisotopic (exact) mass is 613 g/mol. The second kappa shape index (κ2) is 13.4. The summed E-state index contributed by atoms with van der Waals surface area (Å²) in [5.41, 5.74) is -0.261. The fourth-order valence-corrected chi connectivity index (χ4v) is 10.7. The van der Waals surface area contributed by atoms with Crippen molar-refractivity contribution in [1.29, 1.82) is 0 Å². The van der Waals surface area contributed by atoms with Crippen LogP contribution in [0.15, 0.2) is 108 Å². The van der Waals surface area contributed by atoms with Crippen molar-refractivity contribution in [3.63, 3.8) is 0 Å². The Kier molecular flexibility index (Phi) is 9.57. The molecule has 1 saturated heterocycles. The van der Waals surface area contributed by atoms with Gasteiger partial charge in [-0.1, -0.05) is 99.6 Å². The van der Waals surface area contributed by atoms with Crippen LogP contribution in [-0.2, 0) is 9.16 Å². The maximum Gasteiger partial charge on any atom is 0.351 e. The average Bonchev–Trinajstić information content (AvgIpc) is 3.34. The molecule has 2 heterocycles. The molecule has 1 aliphatic rings. The number of rotatable bonds is 10. The van der Waals surface area contributed by atoms with Crippen LogP contribution in [0.25, 0.3) is 0 Å². The molecule has 9 nitrogen and oxygen atoms in total. The van der Waals surface area contributed by atoms with Crippen LogP contribution in [0, 0.1) is 5.92 Å². The van der Waals surface area contributed by atoms with E-state index < -0.39 is 44.3 Å². The number of carbonyl (C=O) groups excluding carboxylic acids is 1. The van der Waals surface area contributed by atoms with Crippen LogP contribution >= 0.6 is 0 Å². The molecule has 3 N–H and O–H groups in total. The number of hydrogen-bond acceptors (Lipinski definition) is 7. The van der Waals surface area contributed by atoms with Crippen molar-refractivity contribution >= 4 is 30.4 Å².